The van der Waals surface area contributed by atoms with Gasteiger partial charge in [-0.25, -0.2) is 4.68 Å². The van der Waals surface area contributed by atoms with E-state index in [1.807, 2.05) is 0 Å². The van der Waals surface area contributed by atoms with Crippen molar-refractivity contribution < 1.29 is 10.0 Å². The van der Waals surface area contributed by atoms with Gasteiger partial charge in [-0.05, 0) is 26.0 Å². The minimum absolute atomic E-state index is 0.0136. The van der Waals surface area contributed by atoms with Gasteiger partial charge in [-0.15, -0.1) is 5.10 Å². The van der Waals surface area contributed by atoms with E-state index in [0.29, 0.717) is 15.7 Å². The molecule has 0 radical (unpaired) electrons. The number of rotatable bonds is 4. The van der Waals surface area contributed by atoms with Crippen LogP contribution in [0.15, 0.2) is 28.9 Å². The smallest absolute Gasteiger partial charge is 0.275 e. The predicted molar refractivity (Wildman–Crippen MR) is 75.2 cm³/mol. The highest BCUT2D eigenvalue weighted by Gasteiger charge is 2.21. The van der Waals surface area contributed by atoms with Crippen molar-refractivity contribution in [3.63, 3.8) is 0 Å². The summed E-state index contributed by atoms with van der Waals surface area (Å²) in [5, 5.41) is 28.6. The normalized spacial score (nSPS) is 11.6. The van der Waals surface area contributed by atoms with E-state index < -0.39 is 10.5 Å². The first-order chi connectivity index (χ1) is 9.27. The molecule has 0 atom stereocenters. The molecule has 0 aliphatic heterocycles. The van der Waals surface area contributed by atoms with E-state index in [1.165, 1.54) is 10.7 Å². The predicted octanol–water partition coefficient (Wildman–Crippen LogP) is 2.22. The van der Waals surface area contributed by atoms with E-state index in [2.05, 4.69) is 26.2 Å². The van der Waals surface area contributed by atoms with Gasteiger partial charge in [0.25, 0.3) is 5.69 Å². The zero-order chi connectivity index (χ0) is 14.9. The Balaban J connectivity index is 2.31. The third-order valence-electron chi connectivity index (χ3n) is 2.74. The van der Waals surface area contributed by atoms with E-state index in [4.69, 9.17) is 0 Å². The third-order valence-corrected chi connectivity index (χ3v) is 3.24. The molecule has 0 unspecified atom stereocenters. The fraction of sp³-hybridized carbons (Fsp3) is 0.333. The van der Waals surface area contributed by atoms with Gasteiger partial charge < -0.3 is 5.11 Å². The van der Waals surface area contributed by atoms with Crippen LogP contribution < -0.4 is 0 Å². The lowest BCUT2D eigenvalue weighted by Crippen LogP contribution is -2.15. The summed E-state index contributed by atoms with van der Waals surface area (Å²) in [6.45, 7) is 3.42. The number of nitro benzene ring substituents is 1. The summed E-state index contributed by atoms with van der Waals surface area (Å²) in [4.78, 5) is 10.6. The maximum atomic E-state index is 11.0. The molecule has 1 aromatic carbocycles. The molecule has 0 saturated heterocycles. The average molecular weight is 341 g/mol. The molecule has 1 N–H and O–H groups in total. The number of hydrogen-bond donors (Lipinski definition) is 1. The van der Waals surface area contributed by atoms with Crippen LogP contribution in [-0.4, -0.2) is 25.0 Å². The van der Waals surface area contributed by atoms with Gasteiger partial charge >= 0.3 is 0 Å². The Morgan fingerprint density at radius 2 is 2.20 bits per heavy atom. The van der Waals surface area contributed by atoms with Crippen molar-refractivity contribution in [3.8, 4) is 0 Å². The molecule has 106 valence electrons. The van der Waals surface area contributed by atoms with Crippen molar-refractivity contribution in [3.05, 3.63) is 50.2 Å². The van der Waals surface area contributed by atoms with Gasteiger partial charge in [-0.3, -0.25) is 10.1 Å². The molecule has 1 heterocycles. The van der Waals surface area contributed by atoms with E-state index in [9.17, 15) is 15.2 Å². The zero-order valence-electron chi connectivity index (χ0n) is 10.9. The van der Waals surface area contributed by atoms with E-state index in [-0.39, 0.29) is 12.2 Å². The van der Waals surface area contributed by atoms with Crippen molar-refractivity contribution in [1.82, 2.24) is 15.0 Å². The highest BCUT2D eigenvalue weighted by molar-refractivity contribution is 9.10. The van der Waals surface area contributed by atoms with Crippen molar-refractivity contribution >= 4 is 21.6 Å². The SMILES string of the molecule is CC(C)(O)c1cn(Cc2ccc(Br)cc2[N+](=O)[O-])nn1. The summed E-state index contributed by atoms with van der Waals surface area (Å²) in [5.41, 5.74) is -0.147. The molecule has 7 nitrogen and oxygen atoms in total. The molecule has 1 aromatic heterocycles. The summed E-state index contributed by atoms with van der Waals surface area (Å²) in [6, 6.07) is 4.84. The Morgan fingerprint density at radius 1 is 1.50 bits per heavy atom. The van der Waals surface area contributed by atoms with Crippen molar-refractivity contribution in [2.24, 2.45) is 0 Å². The van der Waals surface area contributed by atoms with Crippen LogP contribution in [0.5, 0.6) is 0 Å². The molecule has 20 heavy (non-hydrogen) atoms. The van der Waals surface area contributed by atoms with Crippen molar-refractivity contribution in [2.45, 2.75) is 26.0 Å². The number of hydrogen-bond acceptors (Lipinski definition) is 5. The molecule has 2 rings (SSSR count). The Bertz CT molecular complexity index is 648. The molecule has 0 bridgehead atoms. The van der Waals surface area contributed by atoms with Crippen LogP contribution in [0.2, 0.25) is 0 Å². The van der Waals surface area contributed by atoms with Crippen LogP contribution in [-0.2, 0) is 12.1 Å². The average Bonchev–Trinajstić information content (AvgIpc) is 2.79. The topological polar surface area (TPSA) is 94.1 Å². The Morgan fingerprint density at radius 3 is 2.75 bits per heavy atom. The molecule has 8 heteroatoms. The lowest BCUT2D eigenvalue weighted by molar-refractivity contribution is -0.385. The molecule has 0 aliphatic rings. The van der Waals surface area contributed by atoms with E-state index in [1.54, 1.807) is 32.2 Å². The number of aliphatic hydroxyl groups is 1. The monoisotopic (exact) mass is 340 g/mol. The van der Waals surface area contributed by atoms with E-state index in [0.717, 1.165) is 0 Å². The van der Waals surface area contributed by atoms with Gasteiger partial charge in [-0.2, -0.15) is 0 Å². The standard InChI is InChI=1S/C12H13BrN4O3/c1-12(2,18)11-7-16(15-14-11)6-8-3-4-9(13)5-10(8)17(19)20/h3-5,7,18H,6H2,1-2H3. The highest BCUT2D eigenvalue weighted by Crippen LogP contribution is 2.24. The second-order valence-corrected chi connectivity index (χ2v) is 5.81. The summed E-state index contributed by atoms with van der Waals surface area (Å²) in [6.07, 6.45) is 1.58. The number of nitrogens with zero attached hydrogens (tertiary/aromatic N) is 4. The van der Waals surface area contributed by atoms with Crippen LogP contribution >= 0.6 is 15.9 Å². The summed E-state index contributed by atoms with van der Waals surface area (Å²) in [5.74, 6) is 0. The quantitative estimate of drug-likeness (QED) is 0.680. The minimum Gasteiger partial charge on any atom is -0.384 e. The number of nitro groups is 1. The summed E-state index contributed by atoms with van der Waals surface area (Å²) < 4.78 is 2.10. The molecular weight excluding hydrogens is 328 g/mol. The van der Waals surface area contributed by atoms with Gasteiger partial charge in [0.05, 0.1) is 23.2 Å². The molecule has 0 saturated carbocycles. The van der Waals surface area contributed by atoms with Crippen LogP contribution in [0.25, 0.3) is 0 Å². The summed E-state index contributed by atoms with van der Waals surface area (Å²) in [7, 11) is 0. The Hall–Kier alpha value is -1.80. The highest BCUT2D eigenvalue weighted by atomic mass is 79.9. The molecule has 0 spiro atoms. The van der Waals surface area contributed by atoms with Gasteiger partial charge in [-0.1, -0.05) is 21.1 Å². The third kappa shape index (κ3) is 3.20. The lowest BCUT2D eigenvalue weighted by atomic mass is 10.1. The second kappa shape index (κ2) is 5.29. The van der Waals surface area contributed by atoms with Crippen LogP contribution in [0.1, 0.15) is 25.1 Å². The lowest BCUT2D eigenvalue weighted by Gasteiger charge is -2.11. The van der Waals surface area contributed by atoms with Crippen molar-refractivity contribution in [2.75, 3.05) is 0 Å². The zero-order valence-corrected chi connectivity index (χ0v) is 12.5. The molecule has 0 fully saturated rings. The van der Waals surface area contributed by atoms with Gasteiger partial charge in [0.1, 0.15) is 11.3 Å². The first-order valence-corrected chi connectivity index (χ1v) is 6.62. The first kappa shape index (κ1) is 14.6. The second-order valence-electron chi connectivity index (χ2n) is 4.89. The number of benzene rings is 1. The molecule has 0 aliphatic carbocycles. The van der Waals surface area contributed by atoms with Crippen LogP contribution in [0.4, 0.5) is 5.69 Å². The summed E-state index contributed by atoms with van der Waals surface area (Å²) >= 11 is 3.21. The van der Waals surface area contributed by atoms with Crippen molar-refractivity contribution in [1.29, 1.82) is 0 Å². The number of aromatic nitrogens is 3. The molecular formula is C12H13BrN4O3. The van der Waals surface area contributed by atoms with Crippen LogP contribution in [0.3, 0.4) is 0 Å². The Kier molecular flexibility index (Phi) is 3.87. The van der Waals surface area contributed by atoms with Crippen LogP contribution in [0, 0.1) is 10.1 Å². The first-order valence-electron chi connectivity index (χ1n) is 5.83. The van der Waals surface area contributed by atoms with Gasteiger partial charge in [0.2, 0.25) is 0 Å². The minimum atomic E-state index is -1.09. The fourth-order valence-corrected chi connectivity index (χ4v) is 2.02. The molecule has 2 aromatic rings. The maximum Gasteiger partial charge on any atom is 0.275 e. The maximum absolute atomic E-state index is 11.0. The van der Waals surface area contributed by atoms with Gasteiger partial charge in [0, 0.05) is 10.5 Å². The molecule has 0 amide bonds. The largest absolute Gasteiger partial charge is 0.384 e. The van der Waals surface area contributed by atoms with E-state index >= 15 is 0 Å². The number of halogens is 1. The van der Waals surface area contributed by atoms with Gasteiger partial charge in [0.15, 0.2) is 0 Å². The fourth-order valence-electron chi connectivity index (χ4n) is 1.67. The Labute approximate surface area is 123 Å².